The molecule has 3 saturated carbocycles. The Kier molecular flexibility index (Phi) is 17.1. The zero-order valence-electron chi connectivity index (χ0n) is 44.4. The second-order valence-corrected chi connectivity index (χ2v) is 25.8. The van der Waals surface area contributed by atoms with Gasteiger partial charge in [-0.1, -0.05) is 32.4 Å². The number of aliphatic hydroxyl groups is 12. The van der Waals surface area contributed by atoms with Gasteiger partial charge in [-0.25, -0.2) is 4.18 Å². The Morgan fingerprint density at radius 2 is 1.26 bits per heavy atom. The van der Waals surface area contributed by atoms with Crippen molar-refractivity contribution in [3.8, 4) is 0 Å². The van der Waals surface area contributed by atoms with E-state index < -0.39 is 171 Å². The van der Waals surface area contributed by atoms with Gasteiger partial charge >= 0.3 is 10.4 Å². The highest BCUT2D eigenvalue weighted by molar-refractivity contribution is 7.80. The van der Waals surface area contributed by atoms with Crippen LogP contribution in [0.4, 0.5) is 0 Å². The number of allylic oxidation sites excluding steroid dienone is 1. The second-order valence-electron chi connectivity index (χ2n) is 24.7. The maximum atomic E-state index is 12.1. The van der Waals surface area contributed by atoms with Gasteiger partial charge in [0.05, 0.1) is 50.3 Å². The standard InChI is InChI=1S/C51H82O26S/c1-20-31-27(76-51(20)13-12-48(3,77-51)19-67-44-38(60)36(58)33(55)28(16-52)71-44)15-26-24-7-6-22-14-23(8-10-49(22,4)25(24)9-11-50(26,31)5)70-47-43(75-45-39(61)35(57)32(54)21(2)69-45)41(63)42(29(17-53)72-47)74-46-40(62)37(59)34(56)30(73-46)18-68-78(64,65)66/h6,20-21,23-47,52-63H,7-19H2,1-5H3,(H,64,65,66). The minimum atomic E-state index is -5.04. The Morgan fingerprint density at radius 3 is 1.94 bits per heavy atom. The Bertz CT molecular complexity index is 2250. The normalized spacial score (nSPS) is 55.3. The van der Waals surface area contributed by atoms with Crippen molar-refractivity contribution < 1.29 is 126 Å². The van der Waals surface area contributed by atoms with E-state index in [1.54, 1.807) is 0 Å². The molecule has 10 rings (SSSR count). The predicted octanol–water partition coefficient (Wildman–Crippen LogP) is -3.02. The van der Waals surface area contributed by atoms with Crippen molar-refractivity contribution in [2.45, 2.75) is 239 Å². The quantitative estimate of drug-likeness (QED) is 0.0608. The van der Waals surface area contributed by atoms with Crippen LogP contribution in [0.25, 0.3) is 0 Å². The van der Waals surface area contributed by atoms with E-state index in [-0.39, 0.29) is 35.4 Å². The van der Waals surface area contributed by atoms with Crippen molar-refractivity contribution >= 4 is 10.4 Å². The molecule has 0 amide bonds. The van der Waals surface area contributed by atoms with Gasteiger partial charge in [-0.3, -0.25) is 4.55 Å². The van der Waals surface area contributed by atoms with E-state index in [0.717, 1.165) is 32.1 Å². The van der Waals surface area contributed by atoms with Crippen LogP contribution < -0.4 is 0 Å². The van der Waals surface area contributed by atoms with Crippen molar-refractivity contribution in [1.29, 1.82) is 0 Å². The van der Waals surface area contributed by atoms with Crippen LogP contribution in [0.15, 0.2) is 11.6 Å². The van der Waals surface area contributed by atoms with E-state index in [4.69, 9.17) is 51.9 Å². The number of hydrogen-bond donors (Lipinski definition) is 13. The minimum absolute atomic E-state index is 0.0237. The lowest BCUT2D eigenvalue weighted by Gasteiger charge is -2.58. The number of aliphatic hydroxyl groups excluding tert-OH is 12. The van der Waals surface area contributed by atoms with Gasteiger partial charge in [-0.15, -0.1) is 0 Å². The Labute approximate surface area is 452 Å². The largest absolute Gasteiger partial charge is 0.397 e. The van der Waals surface area contributed by atoms with Crippen LogP contribution in [0, 0.1) is 40.4 Å². The molecule has 0 radical (unpaired) electrons. The summed E-state index contributed by atoms with van der Waals surface area (Å²) in [6.45, 7) is 7.97. The molecule has 6 saturated heterocycles. The van der Waals surface area contributed by atoms with Gasteiger partial charge in [0.15, 0.2) is 30.9 Å². The zero-order valence-corrected chi connectivity index (χ0v) is 45.2. The number of ether oxygens (including phenoxy) is 10. The van der Waals surface area contributed by atoms with Crippen molar-refractivity contribution in [3.05, 3.63) is 11.6 Å². The third kappa shape index (κ3) is 10.6. The van der Waals surface area contributed by atoms with Gasteiger partial charge in [0, 0.05) is 12.3 Å². The van der Waals surface area contributed by atoms with Crippen molar-refractivity contribution in [2.24, 2.45) is 40.4 Å². The van der Waals surface area contributed by atoms with Gasteiger partial charge in [-0.05, 0) is 99.7 Å². The summed E-state index contributed by atoms with van der Waals surface area (Å²) in [5.74, 6) is 0.556. The van der Waals surface area contributed by atoms with E-state index in [0.29, 0.717) is 43.4 Å². The number of hydrogen-bond acceptors (Lipinski definition) is 25. The summed E-state index contributed by atoms with van der Waals surface area (Å²) in [5.41, 5.74) is 0.203. The molecule has 31 atom stereocenters. The molecule has 13 N–H and O–H groups in total. The molecule has 0 aromatic rings. The maximum Gasteiger partial charge on any atom is 0.397 e. The van der Waals surface area contributed by atoms with Crippen molar-refractivity contribution in [2.75, 3.05) is 26.4 Å². The summed E-state index contributed by atoms with van der Waals surface area (Å²) in [4.78, 5) is 0. The summed E-state index contributed by atoms with van der Waals surface area (Å²) in [6, 6.07) is 0. The topological polar surface area (TPSA) is 399 Å². The monoisotopic (exact) mass is 1140 g/mol. The van der Waals surface area contributed by atoms with Gasteiger partial charge in [-0.2, -0.15) is 8.42 Å². The molecule has 0 aromatic carbocycles. The van der Waals surface area contributed by atoms with Crippen LogP contribution >= 0.6 is 0 Å². The van der Waals surface area contributed by atoms with Gasteiger partial charge in [0.25, 0.3) is 0 Å². The second kappa shape index (κ2) is 22.3. The predicted molar refractivity (Wildman–Crippen MR) is 259 cm³/mol. The first-order valence-electron chi connectivity index (χ1n) is 27.6. The molecule has 10 aliphatic rings. The summed E-state index contributed by atoms with van der Waals surface area (Å²) >= 11 is 0. The Balaban J connectivity index is 0.812. The Morgan fingerprint density at radius 1 is 0.641 bits per heavy atom. The van der Waals surface area contributed by atoms with Crippen LogP contribution in [0.3, 0.4) is 0 Å². The lowest BCUT2D eigenvalue weighted by molar-refractivity contribution is -0.389. The summed E-state index contributed by atoms with van der Waals surface area (Å²) in [6.07, 6.45) is -23.9. The highest BCUT2D eigenvalue weighted by atomic mass is 32.3. The molecule has 31 unspecified atom stereocenters. The molecule has 27 heteroatoms. The highest BCUT2D eigenvalue weighted by Gasteiger charge is 2.70. The average molecular weight is 1140 g/mol. The smallest absolute Gasteiger partial charge is 0.394 e. The van der Waals surface area contributed by atoms with E-state index in [2.05, 4.69) is 31.0 Å². The number of fused-ring (bicyclic) bond motifs is 7. The third-order valence-corrected chi connectivity index (χ3v) is 20.5. The van der Waals surface area contributed by atoms with E-state index in [1.807, 2.05) is 6.92 Å². The fourth-order valence-corrected chi connectivity index (χ4v) is 16.1. The molecular formula is C51H82O26S. The SMILES string of the molecule is CC1OC(OC2C(OC3CCC4(C)C(=CCC5C4CCC4(C)C5CC5OC6(CCC(C)(COC7OC(CO)C(O)C(O)C7O)O6)C(C)C54)C3)OC(CO)C(OC3OC(COS(=O)(=O)O)C(O)C(O)C3O)C2O)C(O)C(O)C1O. The molecule has 0 bridgehead atoms. The van der Waals surface area contributed by atoms with Gasteiger partial charge in [0.1, 0.15) is 91.6 Å². The highest BCUT2D eigenvalue weighted by Crippen LogP contribution is 2.71. The molecule has 1 spiro atoms. The molecule has 6 heterocycles. The van der Waals surface area contributed by atoms with Crippen LogP contribution in [-0.4, -0.2) is 247 Å². The fourth-order valence-electron chi connectivity index (χ4n) is 15.8. The minimum Gasteiger partial charge on any atom is -0.394 e. The van der Waals surface area contributed by atoms with Crippen LogP contribution in [-0.2, 0) is 62.0 Å². The first-order chi connectivity index (χ1) is 36.7. The third-order valence-electron chi connectivity index (χ3n) is 20.1. The number of rotatable bonds is 14. The summed E-state index contributed by atoms with van der Waals surface area (Å²) in [7, 11) is -5.04. The van der Waals surface area contributed by atoms with Crippen molar-refractivity contribution in [1.82, 2.24) is 0 Å². The van der Waals surface area contributed by atoms with Crippen LogP contribution in [0.2, 0.25) is 0 Å². The van der Waals surface area contributed by atoms with Crippen LogP contribution in [0.1, 0.15) is 92.4 Å². The lowest BCUT2D eigenvalue weighted by Crippen LogP contribution is -2.67. The lowest BCUT2D eigenvalue weighted by atomic mass is 9.47. The molecule has 9 fully saturated rings. The van der Waals surface area contributed by atoms with Crippen LogP contribution in [0.5, 0.6) is 0 Å². The van der Waals surface area contributed by atoms with Crippen molar-refractivity contribution in [3.63, 3.8) is 0 Å². The molecule has 4 aliphatic carbocycles. The Hall–Kier alpha value is -1.27. The van der Waals surface area contributed by atoms with E-state index in [1.165, 1.54) is 12.5 Å². The molecule has 0 aromatic heterocycles. The summed E-state index contributed by atoms with van der Waals surface area (Å²) < 4.78 is 98.0. The molecule has 78 heavy (non-hydrogen) atoms. The summed E-state index contributed by atoms with van der Waals surface area (Å²) in [5, 5.41) is 128. The average Bonchev–Trinajstić information content (AvgIpc) is 4.23. The van der Waals surface area contributed by atoms with Gasteiger partial charge < -0.3 is 109 Å². The molecule has 6 aliphatic heterocycles. The molecule has 26 nitrogen and oxygen atoms in total. The maximum absolute atomic E-state index is 12.1. The fraction of sp³-hybridized carbons (Fsp3) is 0.961. The molecule has 448 valence electrons. The first kappa shape index (κ1) is 59.9. The first-order valence-corrected chi connectivity index (χ1v) is 28.9. The molecular weight excluding hydrogens is 1060 g/mol. The van der Waals surface area contributed by atoms with Gasteiger partial charge in [0.2, 0.25) is 0 Å². The van der Waals surface area contributed by atoms with E-state index in [9.17, 15) is 69.7 Å². The zero-order chi connectivity index (χ0) is 56.3. The van der Waals surface area contributed by atoms with E-state index >= 15 is 0 Å².